The minimum Gasteiger partial charge on any atom is -0.367 e. The van der Waals surface area contributed by atoms with Crippen molar-refractivity contribution in [1.82, 2.24) is 5.16 Å². The minimum atomic E-state index is 0.290. The normalized spacial score (nSPS) is 16.3. The standard InChI is InChI=1S/C18H16N2O/c1-11-6-8-12(9-7-11)16-17(20-21-18(16)19)15-10-13-4-2-3-5-14(13)15/h2-9,15H,10,19H2,1H3. The first-order chi connectivity index (χ1) is 10.2. The van der Waals surface area contributed by atoms with E-state index in [0.717, 1.165) is 23.2 Å². The summed E-state index contributed by atoms with van der Waals surface area (Å²) in [6, 6.07) is 16.8. The summed E-state index contributed by atoms with van der Waals surface area (Å²) >= 11 is 0. The van der Waals surface area contributed by atoms with Gasteiger partial charge in [0.25, 0.3) is 0 Å². The predicted octanol–water partition coefficient (Wildman–Crippen LogP) is 3.92. The van der Waals surface area contributed by atoms with E-state index in [4.69, 9.17) is 10.3 Å². The monoisotopic (exact) mass is 276 g/mol. The molecule has 3 heteroatoms. The smallest absolute Gasteiger partial charge is 0.230 e. The third kappa shape index (κ3) is 1.85. The van der Waals surface area contributed by atoms with Crippen LogP contribution in [-0.4, -0.2) is 5.16 Å². The van der Waals surface area contributed by atoms with Gasteiger partial charge in [0, 0.05) is 5.92 Å². The van der Waals surface area contributed by atoms with Crippen LogP contribution in [0.25, 0.3) is 11.1 Å². The summed E-state index contributed by atoms with van der Waals surface area (Å²) in [5, 5.41) is 4.24. The molecule has 0 fully saturated rings. The fourth-order valence-electron chi connectivity index (χ4n) is 3.07. The molecule has 0 saturated heterocycles. The molecular weight excluding hydrogens is 260 g/mol. The van der Waals surface area contributed by atoms with Crippen molar-refractivity contribution in [2.75, 3.05) is 5.73 Å². The van der Waals surface area contributed by atoms with Gasteiger partial charge in [0.15, 0.2) is 0 Å². The average Bonchev–Trinajstić information content (AvgIpc) is 2.83. The molecule has 1 aromatic heterocycles. The van der Waals surface area contributed by atoms with Gasteiger partial charge in [-0.3, -0.25) is 0 Å². The van der Waals surface area contributed by atoms with Crippen LogP contribution in [0.1, 0.15) is 28.3 Å². The van der Waals surface area contributed by atoms with E-state index in [9.17, 15) is 0 Å². The summed E-state index contributed by atoms with van der Waals surface area (Å²) in [5.74, 6) is 0.691. The highest BCUT2D eigenvalue weighted by atomic mass is 16.5. The van der Waals surface area contributed by atoms with E-state index in [1.807, 2.05) is 0 Å². The maximum atomic E-state index is 6.02. The zero-order valence-corrected chi connectivity index (χ0v) is 11.8. The van der Waals surface area contributed by atoms with E-state index in [1.165, 1.54) is 16.7 Å². The molecule has 4 rings (SSSR count). The van der Waals surface area contributed by atoms with E-state index in [0.29, 0.717) is 11.8 Å². The number of aromatic nitrogens is 1. The number of fused-ring (bicyclic) bond motifs is 1. The number of hydrogen-bond donors (Lipinski definition) is 1. The third-order valence-electron chi connectivity index (χ3n) is 4.27. The van der Waals surface area contributed by atoms with Crippen molar-refractivity contribution >= 4 is 5.88 Å². The number of nitrogens with two attached hydrogens (primary N) is 1. The van der Waals surface area contributed by atoms with Gasteiger partial charge in [-0.15, -0.1) is 0 Å². The van der Waals surface area contributed by atoms with Gasteiger partial charge < -0.3 is 10.3 Å². The largest absolute Gasteiger partial charge is 0.367 e. The van der Waals surface area contributed by atoms with Gasteiger partial charge in [-0.2, -0.15) is 0 Å². The van der Waals surface area contributed by atoms with Crippen LogP contribution in [0.4, 0.5) is 5.88 Å². The highest BCUT2D eigenvalue weighted by molar-refractivity contribution is 5.77. The van der Waals surface area contributed by atoms with Gasteiger partial charge >= 0.3 is 0 Å². The molecule has 1 unspecified atom stereocenters. The Morgan fingerprint density at radius 2 is 1.86 bits per heavy atom. The van der Waals surface area contributed by atoms with Gasteiger partial charge in [-0.25, -0.2) is 0 Å². The topological polar surface area (TPSA) is 52.0 Å². The summed E-state index contributed by atoms with van der Waals surface area (Å²) in [6.45, 7) is 2.07. The van der Waals surface area contributed by atoms with Crippen LogP contribution < -0.4 is 5.73 Å². The molecule has 0 saturated carbocycles. The second-order valence-electron chi connectivity index (χ2n) is 5.63. The van der Waals surface area contributed by atoms with Crippen molar-refractivity contribution in [2.45, 2.75) is 19.3 Å². The first-order valence-corrected chi connectivity index (χ1v) is 7.14. The molecule has 21 heavy (non-hydrogen) atoms. The number of rotatable bonds is 2. The summed E-state index contributed by atoms with van der Waals surface area (Å²) in [7, 11) is 0. The summed E-state index contributed by atoms with van der Waals surface area (Å²) in [5.41, 5.74) is 12.9. The van der Waals surface area contributed by atoms with E-state index in [1.54, 1.807) is 0 Å². The molecule has 104 valence electrons. The second-order valence-corrected chi connectivity index (χ2v) is 5.63. The number of benzene rings is 2. The lowest BCUT2D eigenvalue weighted by Gasteiger charge is -2.29. The number of anilines is 1. The molecule has 0 amide bonds. The van der Waals surface area contributed by atoms with Crippen molar-refractivity contribution in [1.29, 1.82) is 0 Å². The lowest BCUT2D eigenvalue weighted by atomic mass is 9.74. The Balaban J connectivity index is 1.81. The molecule has 2 N–H and O–H groups in total. The van der Waals surface area contributed by atoms with Crippen LogP contribution in [0.5, 0.6) is 0 Å². The Hall–Kier alpha value is -2.55. The van der Waals surface area contributed by atoms with Crippen LogP contribution in [0, 0.1) is 6.92 Å². The molecule has 1 atom stereocenters. The lowest BCUT2D eigenvalue weighted by Crippen LogP contribution is -2.18. The Morgan fingerprint density at radius 3 is 2.62 bits per heavy atom. The molecule has 0 spiro atoms. The average molecular weight is 276 g/mol. The SMILES string of the molecule is Cc1ccc(-c2c(C3Cc4ccccc43)noc2N)cc1. The second kappa shape index (κ2) is 4.48. The Kier molecular flexibility index (Phi) is 2.61. The van der Waals surface area contributed by atoms with Gasteiger partial charge in [0.2, 0.25) is 5.88 Å². The van der Waals surface area contributed by atoms with Gasteiger partial charge in [0.05, 0.1) is 5.56 Å². The summed E-state index contributed by atoms with van der Waals surface area (Å²) in [6.07, 6.45) is 1.00. The van der Waals surface area contributed by atoms with E-state index < -0.39 is 0 Å². The maximum absolute atomic E-state index is 6.02. The Bertz CT molecular complexity index is 802. The number of nitrogen functional groups attached to an aromatic ring is 1. The molecule has 1 aliphatic carbocycles. The zero-order chi connectivity index (χ0) is 14.4. The van der Waals surface area contributed by atoms with E-state index >= 15 is 0 Å². The van der Waals surface area contributed by atoms with Crippen molar-refractivity contribution in [3.63, 3.8) is 0 Å². The summed E-state index contributed by atoms with van der Waals surface area (Å²) < 4.78 is 5.28. The first kappa shape index (κ1) is 12.2. The Morgan fingerprint density at radius 1 is 1.10 bits per heavy atom. The van der Waals surface area contributed by atoms with E-state index in [-0.39, 0.29) is 0 Å². The fraction of sp³-hybridized carbons (Fsp3) is 0.167. The highest BCUT2D eigenvalue weighted by Gasteiger charge is 2.33. The molecule has 3 aromatic rings. The van der Waals surface area contributed by atoms with Crippen LogP contribution in [0.15, 0.2) is 53.1 Å². The fourth-order valence-corrected chi connectivity index (χ4v) is 3.07. The van der Waals surface area contributed by atoms with Crippen molar-refractivity contribution in [2.24, 2.45) is 0 Å². The van der Waals surface area contributed by atoms with Gasteiger partial charge in [-0.1, -0.05) is 59.3 Å². The van der Waals surface area contributed by atoms with Crippen molar-refractivity contribution < 1.29 is 4.52 Å². The molecule has 0 aliphatic heterocycles. The predicted molar refractivity (Wildman–Crippen MR) is 83.1 cm³/mol. The van der Waals surface area contributed by atoms with Gasteiger partial charge in [-0.05, 0) is 30.0 Å². The van der Waals surface area contributed by atoms with Crippen LogP contribution in [0.2, 0.25) is 0 Å². The minimum absolute atomic E-state index is 0.290. The summed E-state index contributed by atoms with van der Waals surface area (Å²) in [4.78, 5) is 0. The van der Waals surface area contributed by atoms with E-state index in [2.05, 4.69) is 60.6 Å². The lowest BCUT2D eigenvalue weighted by molar-refractivity contribution is 0.420. The molecule has 0 bridgehead atoms. The van der Waals surface area contributed by atoms with Crippen molar-refractivity contribution in [3.8, 4) is 11.1 Å². The first-order valence-electron chi connectivity index (χ1n) is 7.14. The number of hydrogen-bond acceptors (Lipinski definition) is 3. The maximum Gasteiger partial charge on any atom is 0.230 e. The quantitative estimate of drug-likeness (QED) is 0.771. The van der Waals surface area contributed by atoms with Crippen molar-refractivity contribution in [3.05, 3.63) is 70.9 Å². The molecule has 3 nitrogen and oxygen atoms in total. The number of aryl methyl sites for hydroxylation is 1. The molecule has 2 aromatic carbocycles. The molecule has 1 aliphatic rings. The van der Waals surface area contributed by atoms with Gasteiger partial charge in [0.1, 0.15) is 5.69 Å². The molecule has 0 radical (unpaired) electrons. The highest BCUT2D eigenvalue weighted by Crippen LogP contribution is 2.44. The Labute approximate surface area is 123 Å². The zero-order valence-electron chi connectivity index (χ0n) is 11.8. The van der Waals surface area contributed by atoms with Crippen LogP contribution in [0.3, 0.4) is 0 Å². The number of nitrogens with zero attached hydrogens (tertiary/aromatic N) is 1. The van der Waals surface area contributed by atoms with Crippen LogP contribution >= 0.6 is 0 Å². The molecular formula is C18H16N2O. The third-order valence-corrected chi connectivity index (χ3v) is 4.27. The molecule has 1 heterocycles. The van der Waals surface area contributed by atoms with Crippen LogP contribution in [-0.2, 0) is 6.42 Å².